The molecule has 0 aromatic carbocycles. The van der Waals surface area contributed by atoms with Crippen LogP contribution in [-0.2, 0) is 4.79 Å². The van der Waals surface area contributed by atoms with Crippen molar-refractivity contribution in [2.24, 2.45) is 0 Å². The molecule has 2 N–H and O–H groups in total. The van der Waals surface area contributed by atoms with Gasteiger partial charge in [-0.15, -0.1) is 5.53 Å². The third kappa shape index (κ3) is 4.48. The highest BCUT2D eigenvalue weighted by Crippen LogP contribution is 1.24. The van der Waals surface area contributed by atoms with E-state index < -0.39 is 0 Å². The van der Waals surface area contributed by atoms with Crippen LogP contribution in [-0.4, -0.2) is 6.08 Å². The van der Waals surface area contributed by atoms with Crippen molar-refractivity contribution < 1.29 is 4.79 Å². The molecule has 0 aromatic rings. The second-order valence-corrected chi connectivity index (χ2v) is 0.202. The minimum absolute atomic E-state index is 0.750. The highest BCUT2D eigenvalue weighted by atomic mass is 16.1. The van der Waals surface area contributed by atoms with Crippen molar-refractivity contribution in [2.75, 3.05) is 0 Å². The molecule has 0 radical (unpaired) electrons. The van der Waals surface area contributed by atoms with Crippen molar-refractivity contribution in [3.63, 3.8) is 0 Å². The maximum absolute atomic E-state index is 8.35. The van der Waals surface area contributed by atoms with Gasteiger partial charge >= 0.3 is 0 Å². The van der Waals surface area contributed by atoms with E-state index in [0.717, 1.165) is 6.08 Å². The molecule has 0 saturated heterocycles. The Morgan fingerprint density at radius 3 is 1.83 bits per heavy atom. The van der Waals surface area contributed by atoms with Crippen LogP contribution in [0, 0.1) is 10.9 Å². The standard InChI is InChI=1S/CHNO.HN3/c2-1-3;1-3-2/h2H;1H. The zero-order valence-corrected chi connectivity index (χ0v) is 2.80. The minimum atomic E-state index is 0.750. The molecule has 0 fully saturated rings. The smallest absolute Gasteiger partial charge is 0.222 e. The van der Waals surface area contributed by atoms with Crippen LogP contribution in [0.25, 0.3) is 10.4 Å². The first kappa shape index (κ1) is 8.83. The van der Waals surface area contributed by atoms with Gasteiger partial charge in [0.25, 0.3) is 0 Å². The lowest BCUT2D eigenvalue weighted by Crippen LogP contribution is -1.16. The number of isocyanates is 1. The Morgan fingerprint density at radius 2 is 1.83 bits per heavy atom. The second-order valence-electron chi connectivity index (χ2n) is 0.202. The molecule has 0 aromatic heterocycles. The van der Waals surface area contributed by atoms with Crippen LogP contribution in [0.2, 0.25) is 0 Å². The van der Waals surface area contributed by atoms with Crippen LogP contribution in [0.5, 0.6) is 0 Å². The van der Waals surface area contributed by atoms with Crippen LogP contribution < -0.4 is 0 Å². The Labute approximate surface area is 33.5 Å². The summed E-state index contributed by atoms with van der Waals surface area (Å²) in [6.07, 6.45) is 0.750. The van der Waals surface area contributed by atoms with Gasteiger partial charge in [0.15, 0.2) is 0 Å². The van der Waals surface area contributed by atoms with Gasteiger partial charge in [0.05, 0.1) is 0 Å². The van der Waals surface area contributed by atoms with Crippen molar-refractivity contribution in [1.82, 2.24) is 0 Å². The average Bonchev–Trinajstić information content (AvgIpc) is 1.39. The van der Waals surface area contributed by atoms with Crippen molar-refractivity contribution in [1.29, 1.82) is 10.9 Å². The predicted octanol–water partition coefficient (Wildman–Crippen LogP) is 0.776. The molecule has 0 aliphatic carbocycles. The maximum Gasteiger partial charge on any atom is 0.231 e. The molecule has 5 heteroatoms. The van der Waals surface area contributed by atoms with E-state index in [1.54, 1.807) is 4.91 Å². The summed E-state index contributed by atoms with van der Waals surface area (Å²) in [6, 6.07) is 0. The summed E-state index contributed by atoms with van der Waals surface area (Å²) in [4.78, 5) is 10.1. The van der Waals surface area contributed by atoms with Gasteiger partial charge in [-0.2, -0.15) is 0 Å². The first-order chi connectivity index (χ1) is 2.83. The quantitative estimate of drug-likeness (QED) is 0.147. The van der Waals surface area contributed by atoms with E-state index >= 15 is 0 Å². The number of carbonyl (C=O) groups excluding carboxylic acids is 1. The van der Waals surface area contributed by atoms with Crippen molar-refractivity contribution in [2.45, 2.75) is 0 Å². The summed E-state index contributed by atoms with van der Waals surface area (Å²) in [5, 5.41) is 5.40. The Hall–Kier alpha value is -1.31. The lowest BCUT2D eigenvalue weighted by molar-refractivity contribution is 0.563. The Bertz CT molecular complexity index is 61.5. The molecule has 0 bridgehead atoms. The number of nitrogens with zero attached hydrogens (tertiary/aromatic N) is 2. The van der Waals surface area contributed by atoms with Crippen LogP contribution in [0.1, 0.15) is 0 Å². The summed E-state index contributed by atoms with van der Waals surface area (Å²) in [6.45, 7) is 0. The van der Waals surface area contributed by atoms with Crippen LogP contribution in [0.4, 0.5) is 0 Å². The molecule has 0 heterocycles. The largest absolute Gasteiger partial charge is 0.231 e. The van der Waals surface area contributed by atoms with Crippen LogP contribution in [0.15, 0.2) is 0 Å². The van der Waals surface area contributed by atoms with E-state index in [1.165, 1.54) is 0 Å². The lowest BCUT2D eigenvalue weighted by atomic mass is 11.7. The van der Waals surface area contributed by atoms with Crippen LogP contribution in [0.3, 0.4) is 0 Å². The number of rotatable bonds is 0. The summed E-state index contributed by atoms with van der Waals surface area (Å²) in [7, 11) is 0. The zero-order valence-electron chi connectivity index (χ0n) is 2.80. The van der Waals surface area contributed by atoms with Gasteiger partial charge in [-0.1, -0.05) is 0 Å². The van der Waals surface area contributed by atoms with Gasteiger partial charge in [0.2, 0.25) is 6.08 Å². The topological polar surface area (TPSA) is 101 Å². The molecule has 0 rings (SSSR count). The summed E-state index contributed by atoms with van der Waals surface area (Å²) < 4.78 is 0. The van der Waals surface area contributed by atoms with Crippen molar-refractivity contribution in [3.05, 3.63) is 10.4 Å². The number of nitrogens with one attached hydrogen (secondary N) is 2. The van der Waals surface area contributed by atoms with Gasteiger partial charge in [-0.05, 0) is 10.4 Å². The van der Waals surface area contributed by atoms with E-state index in [0.29, 0.717) is 0 Å². The SMILES string of the molecule is N=C=O.[N-]=[N+]=N. The summed E-state index contributed by atoms with van der Waals surface area (Å²) >= 11 is 0. The highest BCUT2D eigenvalue weighted by molar-refractivity contribution is 5.26. The fourth-order valence-corrected chi connectivity index (χ4v) is 0. The molecule has 6 heavy (non-hydrogen) atoms. The van der Waals surface area contributed by atoms with E-state index in [1.807, 2.05) is 0 Å². The van der Waals surface area contributed by atoms with Gasteiger partial charge in [-0.3, -0.25) is 0 Å². The molecule has 0 saturated carbocycles. The van der Waals surface area contributed by atoms with Gasteiger partial charge in [-0.25, -0.2) is 10.2 Å². The van der Waals surface area contributed by atoms with Gasteiger partial charge in [0.1, 0.15) is 0 Å². The predicted molar refractivity (Wildman–Crippen MR) is 17.9 cm³/mol. The molecule has 5 nitrogen and oxygen atoms in total. The van der Waals surface area contributed by atoms with E-state index in [9.17, 15) is 0 Å². The van der Waals surface area contributed by atoms with E-state index in [2.05, 4.69) is 0 Å². The number of hydrogen-bond acceptors (Lipinski definition) is 3. The van der Waals surface area contributed by atoms with Gasteiger partial charge in [0, 0.05) is 0 Å². The normalized spacial score (nSPS) is 2.67. The lowest BCUT2D eigenvalue weighted by Gasteiger charge is -1.03. The summed E-state index contributed by atoms with van der Waals surface area (Å²) in [5.41, 5.74) is 12.2. The van der Waals surface area contributed by atoms with Crippen molar-refractivity contribution in [3.8, 4) is 0 Å². The zero-order chi connectivity index (χ0) is 5.41. The first-order valence-corrected chi connectivity index (χ1v) is 0.878. The van der Waals surface area contributed by atoms with Crippen molar-refractivity contribution >= 4 is 6.08 Å². The Balaban J connectivity index is 0. The molecule has 0 aliphatic heterocycles. The van der Waals surface area contributed by atoms with E-state index in [4.69, 9.17) is 21.3 Å². The molecular formula is CH2N4O. The minimum Gasteiger partial charge on any atom is -0.222 e. The molecule has 0 unspecified atom stereocenters. The summed E-state index contributed by atoms with van der Waals surface area (Å²) in [5.74, 6) is 0. The third-order valence-electron chi connectivity index (χ3n) is 0. The fraction of sp³-hybridized carbons (Fsp3) is 0. The molecule has 0 spiro atoms. The molecular weight excluding hydrogens is 84.0 g/mol. The first-order valence-electron chi connectivity index (χ1n) is 0.878. The Morgan fingerprint density at radius 1 is 1.83 bits per heavy atom. The third-order valence-corrected chi connectivity index (χ3v) is 0. The number of hydrogen-bond donors (Lipinski definition) is 2. The maximum atomic E-state index is 8.35. The highest BCUT2D eigenvalue weighted by Gasteiger charge is 1.03. The molecule has 0 amide bonds. The van der Waals surface area contributed by atoms with E-state index in [-0.39, 0.29) is 0 Å². The average molecular weight is 86.1 g/mol. The second kappa shape index (κ2) is 56.1. The monoisotopic (exact) mass is 86.0 g/mol. The molecule has 0 atom stereocenters. The molecule has 0 aliphatic rings. The molecule has 32 valence electrons. The Kier molecular flexibility index (Phi) is 82.5. The fourth-order valence-electron chi connectivity index (χ4n) is 0. The van der Waals surface area contributed by atoms with Gasteiger partial charge < -0.3 is 0 Å². The van der Waals surface area contributed by atoms with Crippen LogP contribution >= 0.6 is 0 Å².